The smallest absolute Gasteiger partial charge is 0.223 e. The van der Waals surface area contributed by atoms with Gasteiger partial charge in [-0.25, -0.2) is 8.42 Å². The number of amides is 1. The first-order chi connectivity index (χ1) is 7.89. The lowest BCUT2D eigenvalue weighted by molar-refractivity contribution is -0.135. The van der Waals surface area contributed by atoms with E-state index >= 15 is 0 Å². The molecule has 2 heterocycles. The minimum absolute atomic E-state index is 0.0649. The SMILES string of the molecule is CC(C)CC(=O)N1CCN[C@@H]2CS(=O)(=O)C[C@@H]21. The first-order valence-electron chi connectivity index (χ1n) is 6.12. The molecule has 0 saturated carbocycles. The van der Waals surface area contributed by atoms with Crippen LogP contribution >= 0.6 is 0 Å². The lowest BCUT2D eigenvalue weighted by atomic mass is 10.0. The zero-order valence-electron chi connectivity index (χ0n) is 10.3. The van der Waals surface area contributed by atoms with Crippen LogP contribution in [0.4, 0.5) is 0 Å². The van der Waals surface area contributed by atoms with Crippen molar-refractivity contribution in [3.63, 3.8) is 0 Å². The molecular formula is C11H20N2O3S. The van der Waals surface area contributed by atoms with Crippen LogP contribution in [0.1, 0.15) is 20.3 Å². The number of carbonyl (C=O) groups excluding carboxylic acids is 1. The van der Waals surface area contributed by atoms with E-state index in [2.05, 4.69) is 5.32 Å². The molecule has 1 N–H and O–H groups in total. The number of hydrogen-bond acceptors (Lipinski definition) is 4. The fourth-order valence-corrected chi connectivity index (χ4v) is 4.60. The van der Waals surface area contributed by atoms with Gasteiger partial charge in [0.15, 0.2) is 9.84 Å². The van der Waals surface area contributed by atoms with E-state index in [4.69, 9.17) is 0 Å². The first kappa shape index (κ1) is 12.8. The highest BCUT2D eigenvalue weighted by Crippen LogP contribution is 2.22. The number of fused-ring (bicyclic) bond motifs is 1. The molecule has 2 aliphatic heterocycles. The Morgan fingerprint density at radius 1 is 1.41 bits per heavy atom. The summed E-state index contributed by atoms with van der Waals surface area (Å²) in [6.07, 6.45) is 0.503. The van der Waals surface area contributed by atoms with E-state index in [9.17, 15) is 13.2 Å². The van der Waals surface area contributed by atoms with Gasteiger partial charge in [0.1, 0.15) is 0 Å². The van der Waals surface area contributed by atoms with E-state index in [1.165, 1.54) is 0 Å². The van der Waals surface area contributed by atoms with Crippen molar-refractivity contribution < 1.29 is 13.2 Å². The second-order valence-electron chi connectivity index (χ2n) is 5.39. The third-order valence-corrected chi connectivity index (χ3v) is 5.10. The quantitative estimate of drug-likeness (QED) is 0.735. The van der Waals surface area contributed by atoms with Crippen molar-refractivity contribution >= 4 is 15.7 Å². The molecule has 98 valence electrons. The molecule has 0 aromatic carbocycles. The van der Waals surface area contributed by atoms with Crippen molar-refractivity contribution in [2.75, 3.05) is 24.6 Å². The summed E-state index contributed by atoms with van der Waals surface area (Å²) >= 11 is 0. The second-order valence-corrected chi connectivity index (χ2v) is 7.54. The zero-order valence-corrected chi connectivity index (χ0v) is 11.2. The summed E-state index contributed by atoms with van der Waals surface area (Å²) in [6, 6.07) is -0.218. The number of piperazine rings is 1. The summed E-state index contributed by atoms with van der Waals surface area (Å²) in [4.78, 5) is 13.8. The molecular weight excluding hydrogens is 240 g/mol. The minimum Gasteiger partial charge on any atom is -0.336 e. The van der Waals surface area contributed by atoms with Crippen molar-refractivity contribution in [3.05, 3.63) is 0 Å². The monoisotopic (exact) mass is 260 g/mol. The third-order valence-electron chi connectivity index (χ3n) is 3.39. The third kappa shape index (κ3) is 2.80. The van der Waals surface area contributed by atoms with E-state index in [-0.39, 0.29) is 29.5 Å². The van der Waals surface area contributed by atoms with Gasteiger partial charge in [-0.2, -0.15) is 0 Å². The topological polar surface area (TPSA) is 66.5 Å². The van der Waals surface area contributed by atoms with Crippen molar-refractivity contribution in [2.45, 2.75) is 32.4 Å². The fourth-order valence-electron chi connectivity index (χ4n) is 2.64. The molecule has 0 spiro atoms. The summed E-state index contributed by atoms with van der Waals surface area (Å²) in [7, 11) is -2.98. The number of nitrogens with zero attached hydrogens (tertiary/aromatic N) is 1. The fraction of sp³-hybridized carbons (Fsp3) is 0.909. The van der Waals surface area contributed by atoms with Gasteiger partial charge in [-0.3, -0.25) is 4.79 Å². The molecule has 0 unspecified atom stereocenters. The summed E-state index contributed by atoms with van der Waals surface area (Å²) in [5.74, 6) is 0.694. The molecule has 0 aliphatic carbocycles. The maximum absolute atomic E-state index is 12.1. The van der Waals surface area contributed by atoms with Crippen LogP contribution in [0.2, 0.25) is 0 Å². The Kier molecular flexibility index (Phi) is 3.45. The Morgan fingerprint density at radius 3 is 2.76 bits per heavy atom. The van der Waals surface area contributed by atoms with Crippen LogP contribution in [0.3, 0.4) is 0 Å². The molecule has 0 aromatic heterocycles. The normalized spacial score (nSPS) is 31.6. The lowest BCUT2D eigenvalue weighted by Crippen LogP contribution is -2.59. The van der Waals surface area contributed by atoms with E-state index < -0.39 is 9.84 Å². The van der Waals surface area contributed by atoms with Gasteiger partial charge in [-0.05, 0) is 5.92 Å². The van der Waals surface area contributed by atoms with Crippen molar-refractivity contribution in [3.8, 4) is 0 Å². The van der Waals surface area contributed by atoms with Crippen molar-refractivity contribution in [1.82, 2.24) is 10.2 Å². The predicted molar refractivity (Wildman–Crippen MR) is 65.4 cm³/mol. The molecule has 2 atom stereocenters. The maximum atomic E-state index is 12.1. The lowest BCUT2D eigenvalue weighted by Gasteiger charge is -2.37. The van der Waals surface area contributed by atoms with Crippen LogP contribution in [0.5, 0.6) is 0 Å². The van der Waals surface area contributed by atoms with Crippen molar-refractivity contribution in [1.29, 1.82) is 0 Å². The Morgan fingerprint density at radius 2 is 2.12 bits per heavy atom. The molecule has 2 rings (SSSR count). The standard InChI is InChI=1S/C11H20N2O3S/c1-8(2)5-11(14)13-4-3-12-9-6-17(15,16)7-10(9)13/h8-10,12H,3-7H2,1-2H3/t9-,10+/m1/s1. The Labute approximate surface area is 102 Å². The molecule has 17 heavy (non-hydrogen) atoms. The molecule has 0 radical (unpaired) electrons. The number of carbonyl (C=O) groups is 1. The molecule has 1 amide bonds. The number of hydrogen-bond donors (Lipinski definition) is 1. The van der Waals surface area contributed by atoms with Gasteiger partial charge in [0.2, 0.25) is 5.91 Å². The van der Waals surface area contributed by atoms with Crippen LogP contribution in [-0.4, -0.2) is 55.9 Å². The molecule has 6 heteroatoms. The molecule has 2 aliphatic rings. The summed E-state index contributed by atoms with van der Waals surface area (Å²) in [6.45, 7) is 5.33. The highest BCUT2D eigenvalue weighted by Gasteiger charge is 2.44. The molecule has 2 fully saturated rings. The van der Waals surface area contributed by atoms with E-state index in [1.54, 1.807) is 4.90 Å². The molecule has 0 bridgehead atoms. The number of rotatable bonds is 2. The Balaban J connectivity index is 2.10. The van der Waals surface area contributed by atoms with Crippen LogP contribution < -0.4 is 5.32 Å². The maximum Gasteiger partial charge on any atom is 0.223 e. The first-order valence-corrected chi connectivity index (χ1v) is 7.94. The van der Waals surface area contributed by atoms with E-state index in [0.717, 1.165) is 0 Å². The van der Waals surface area contributed by atoms with Gasteiger partial charge in [-0.1, -0.05) is 13.8 Å². The predicted octanol–water partition coefficient (Wildman–Crippen LogP) is -0.370. The Hall–Kier alpha value is -0.620. The summed E-state index contributed by atoms with van der Waals surface area (Å²) in [5.41, 5.74) is 0. The van der Waals surface area contributed by atoms with Gasteiger partial charge in [0.25, 0.3) is 0 Å². The molecule has 2 saturated heterocycles. The molecule has 0 aromatic rings. The number of sulfone groups is 1. The van der Waals surface area contributed by atoms with E-state index in [1.807, 2.05) is 13.8 Å². The average molecular weight is 260 g/mol. The van der Waals surface area contributed by atoms with E-state index in [0.29, 0.717) is 25.4 Å². The van der Waals surface area contributed by atoms with Gasteiger partial charge < -0.3 is 10.2 Å². The van der Waals surface area contributed by atoms with Gasteiger partial charge >= 0.3 is 0 Å². The van der Waals surface area contributed by atoms with Gasteiger partial charge in [0.05, 0.1) is 17.5 Å². The number of nitrogens with one attached hydrogen (secondary N) is 1. The highest BCUT2D eigenvalue weighted by atomic mass is 32.2. The minimum atomic E-state index is -2.98. The largest absolute Gasteiger partial charge is 0.336 e. The van der Waals surface area contributed by atoms with Crippen molar-refractivity contribution in [2.24, 2.45) is 5.92 Å². The highest BCUT2D eigenvalue weighted by molar-refractivity contribution is 7.91. The second kappa shape index (κ2) is 4.57. The van der Waals surface area contributed by atoms with Crippen LogP contribution in [0, 0.1) is 5.92 Å². The van der Waals surface area contributed by atoms with Crippen LogP contribution in [0.15, 0.2) is 0 Å². The zero-order chi connectivity index (χ0) is 12.6. The summed E-state index contributed by atoms with van der Waals surface area (Å²) < 4.78 is 23.2. The molecule has 5 nitrogen and oxygen atoms in total. The average Bonchev–Trinajstić information content (AvgIpc) is 2.49. The van der Waals surface area contributed by atoms with Gasteiger partial charge in [-0.15, -0.1) is 0 Å². The van der Waals surface area contributed by atoms with Gasteiger partial charge in [0, 0.05) is 25.6 Å². The summed E-state index contributed by atoms with van der Waals surface area (Å²) in [5, 5.41) is 3.20. The van der Waals surface area contributed by atoms with Crippen LogP contribution in [-0.2, 0) is 14.6 Å². The van der Waals surface area contributed by atoms with Crippen LogP contribution in [0.25, 0.3) is 0 Å². The Bertz CT molecular complexity index is 405.